The van der Waals surface area contributed by atoms with Crippen LogP contribution in [0.4, 0.5) is 13.2 Å². The number of hydrogen-bond donors (Lipinski definition) is 1. The van der Waals surface area contributed by atoms with E-state index in [1.165, 1.54) is 4.89 Å². The Kier molecular flexibility index (Phi) is 5.33. The number of nitrogens with one attached hydrogen (secondary N) is 1. The molecule has 1 aromatic carbocycles. The first kappa shape index (κ1) is 16.8. The molecule has 1 N–H and O–H groups in total. The van der Waals surface area contributed by atoms with Crippen LogP contribution in [-0.4, -0.2) is 21.2 Å². The molecule has 0 unspecified atom stereocenters. The maximum atomic E-state index is 11.8. The Morgan fingerprint density at radius 3 is 2.05 bits per heavy atom. The summed E-state index contributed by atoms with van der Waals surface area (Å²) in [5, 5.41) is -0.619. The van der Waals surface area contributed by atoms with Crippen LogP contribution in [0.15, 0.2) is 17.0 Å². The molecule has 0 aliphatic carbocycles. The summed E-state index contributed by atoms with van der Waals surface area (Å²) in [7, 11) is -4.46. The van der Waals surface area contributed by atoms with Gasteiger partial charge in [0.1, 0.15) is 4.90 Å². The molecule has 0 amide bonds. The van der Waals surface area contributed by atoms with Crippen LogP contribution in [-0.2, 0) is 14.9 Å². The molecular formula is C8H5Cl3F3NO3S. The van der Waals surface area contributed by atoms with E-state index < -0.39 is 27.7 Å². The zero-order valence-electron chi connectivity index (χ0n) is 8.76. The lowest BCUT2D eigenvalue weighted by Crippen LogP contribution is -2.30. The number of benzene rings is 1. The van der Waals surface area contributed by atoms with Crippen molar-refractivity contribution in [2.75, 3.05) is 6.61 Å². The summed E-state index contributed by atoms with van der Waals surface area (Å²) in [6, 6.07) is 2.15. The minimum Gasteiger partial charge on any atom is -0.277 e. The lowest BCUT2D eigenvalue weighted by molar-refractivity contribution is -0.181. The van der Waals surface area contributed by atoms with Crippen molar-refractivity contribution in [3.05, 3.63) is 27.2 Å². The third kappa shape index (κ3) is 4.97. The van der Waals surface area contributed by atoms with E-state index in [1.54, 1.807) is 0 Å². The summed E-state index contributed by atoms with van der Waals surface area (Å²) in [6.07, 6.45) is -4.68. The van der Waals surface area contributed by atoms with E-state index in [1.807, 2.05) is 0 Å². The first-order valence-electron chi connectivity index (χ1n) is 4.38. The molecule has 0 spiro atoms. The van der Waals surface area contributed by atoms with Crippen LogP contribution in [0.1, 0.15) is 0 Å². The van der Waals surface area contributed by atoms with Crippen molar-refractivity contribution in [3.63, 3.8) is 0 Å². The van der Waals surface area contributed by atoms with E-state index in [9.17, 15) is 21.6 Å². The molecule has 11 heteroatoms. The predicted octanol–water partition coefficient (Wildman–Crippen LogP) is 3.42. The molecule has 0 atom stereocenters. The molecule has 0 radical (unpaired) electrons. The van der Waals surface area contributed by atoms with Crippen LogP contribution >= 0.6 is 34.8 Å². The average molecular weight is 359 g/mol. The third-order valence-electron chi connectivity index (χ3n) is 1.64. The molecule has 0 fully saturated rings. The molecule has 108 valence electrons. The van der Waals surface area contributed by atoms with E-state index in [2.05, 4.69) is 4.84 Å². The normalized spacial score (nSPS) is 12.7. The Bertz CT molecular complexity index is 553. The Morgan fingerprint density at radius 1 is 1.16 bits per heavy atom. The second kappa shape index (κ2) is 6.02. The van der Waals surface area contributed by atoms with Crippen molar-refractivity contribution < 1.29 is 26.4 Å². The second-order valence-corrected chi connectivity index (χ2v) is 6.02. The number of halogens is 6. The summed E-state index contributed by atoms with van der Waals surface area (Å²) in [6.45, 7) is -1.80. The molecule has 19 heavy (non-hydrogen) atoms. The quantitative estimate of drug-likeness (QED) is 0.839. The van der Waals surface area contributed by atoms with Crippen LogP contribution in [0.25, 0.3) is 0 Å². The van der Waals surface area contributed by atoms with Gasteiger partial charge < -0.3 is 0 Å². The largest absolute Gasteiger partial charge is 0.413 e. The second-order valence-electron chi connectivity index (χ2n) is 3.19. The van der Waals surface area contributed by atoms with Crippen molar-refractivity contribution in [2.45, 2.75) is 11.1 Å². The van der Waals surface area contributed by atoms with Gasteiger partial charge in [-0.3, -0.25) is 4.84 Å². The topological polar surface area (TPSA) is 55.4 Å². The Balaban J connectivity index is 2.96. The van der Waals surface area contributed by atoms with Crippen molar-refractivity contribution in [3.8, 4) is 0 Å². The predicted molar refractivity (Wildman–Crippen MR) is 63.8 cm³/mol. The molecule has 4 nitrogen and oxygen atoms in total. The van der Waals surface area contributed by atoms with E-state index in [0.29, 0.717) is 0 Å². The van der Waals surface area contributed by atoms with E-state index in [-0.39, 0.29) is 15.1 Å². The lowest BCUT2D eigenvalue weighted by Gasteiger charge is -2.11. The van der Waals surface area contributed by atoms with Crippen LogP contribution in [0.2, 0.25) is 15.1 Å². The van der Waals surface area contributed by atoms with Crippen LogP contribution in [0.3, 0.4) is 0 Å². The molecule has 0 saturated carbocycles. The highest BCUT2D eigenvalue weighted by Crippen LogP contribution is 2.32. The van der Waals surface area contributed by atoms with E-state index in [4.69, 9.17) is 34.8 Å². The Morgan fingerprint density at radius 2 is 1.63 bits per heavy atom. The first-order chi connectivity index (χ1) is 8.53. The van der Waals surface area contributed by atoms with E-state index >= 15 is 0 Å². The number of alkyl halides is 3. The van der Waals surface area contributed by atoms with Gasteiger partial charge in [-0.15, -0.1) is 0 Å². The van der Waals surface area contributed by atoms with Gasteiger partial charge in [-0.25, -0.2) is 8.42 Å². The van der Waals surface area contributed by atoms with Gasteiger partial charge in [0.25, 0.3) is 10.0 Å². The van der Waals surface area contributed by atoms with Crippen molar-refractivity contribution in [2.24, 2.45) is 0 Å². The molecule has 0 bridgehead atoms. The van der Waals surface area contributed by atoms with Crippen molar-refractivity contribution >= 4 is 44.8 Å². The van der Waals surface area contributed by atoms with Gasteiger partial charge in [0, 0.05) is 5.02 Å². The minimum absolute atomic E-state index is 0.0742. The maximum absolute atomic E-state index is 11.8. The SMILES string of the molecule is O=S(=O)(NOCC(F)(F)F)c1c(Cl)cc(Cl)cc1Cl. The molecule has 0 aliphatic heterocycles. The van der Waals surface area contributed by atoms with Gasteiger partial charge in [0.2, 0.25) is 0 Å². The van der Waals surface area contributed by atoms with Gasteiger partial charge in [0.15, 0.2) is 6.61 Å². The molecule has 1 rings (SSSR count). The molecule has 0 aromatic heterocycles. The van der Waals surface area contributed by atoms with Gasteiger partial charge in [-0.2, -0.15) is 13.2 Å². The average Bonchev–Trinajstić information content (AvgIpc) is 2.11. The fraction of sp³-hybridized carbons (Fsp3) is 0.250. The number of rotatable bonds is 4. The van der Waals surface area contributed by atoms with Crippen molar-refractivity contribution in [1.29, 1.82) is 0 Å². The van der Waals surface area contributed by atoms with Crippen molar-refractivity contribution in [1.82, 2.24) is 4.89 Å². The highest BCUT2D eigenvalue weighted by Gasteiger charge is 2.30. The summed E-state index contributed by atoms with van der Waals surface area (Å²) in [5.41, 5.74) is 0. The molecule has 0 saturated heterocycles. The van der Waals surface area contributed by atoms with Crippen LogP contribution < -0.4 is 4.89 Å². The fourth-order valence-corrected chi connectivity index (χ4v) is 3.37. The van der Waals surface area contributed by atoms with E-state index in [0.717, 1.165) is 12.1 Å². The highest BCUT2D eigenvalue weighted by atomic mass is 35.5. The molecule has 0 heterocycles. The summed E-state index contributed by atoms with van der Waals surface area (Å²) in [5.74, 6) is 0. The summed E-state index contributed by atoms with van der Waals surface area (Å²) >= 11 is 16.8. The lowest BCUT2D eigenvalue weighted by atomic mass is 10.4. The fourth-order valence-electron chi connectivity index (χ4n) is 1.02. The zero-order chi connectivity index (χ0) is 14.8. The maximum Gasteiger partial charge on any atom is 0.413 e. The third-order valence-corrected chi connectivity index (χ3v) is 3.99. The van der Waals surface area contributed by atoms with Gasteiger partial charge in [0.05, 0.1) is 10.0 Å². The summed E-state index contributed by atoms with van der Waals surface area (Å²) < 4.78 is 58.8. The number of hydrogen-bond acceptors (Lipinski definition) is 3. The Labute approximate surface area is 121 Å². The van der Waals surface area contributed by atoms with Gasteiger partial charge in [-0.05, 0) is 12.1 Å². The minimum atomic E-state index is -4.68. The highest BCUT2D eigenvalue weighted by molar-refractivity contribution is 7.89. The number of sulfonamides is 1. The van der Waals surface area contributed by atoms with Crippen LogP contribution in [0.5, 0.6) is 0 Å². The summed E-state index contributed by atoms with van der Waals surface area (Å²) in [4.78, 5) is 4.49. The smallest absolute Gasteiger partial charge is 0.277 e. The molecule has 0 aliphatic rings. The van der Waals surface area contributed by atoms with Crippen LogP contribution in [0, 0.1) is 0 Å². The molecule has 1 aromatic rings. The van der Waals surface area contributed by atoms with Gasteiger partial charge >= 0.3 is 6.18 Å². The standard InChI is InChI=1S/C8H5Cl3F3NO3S/c9-4-1-5(10)7(6(11)2-4)19(16,17)15-18-3-8(12,13)14/h1-2,15H,3H2. The molecular weight excluding hydrogens is 354 g/mol. The van der Waals surface area contributed by atoms with Gasteiger partial charge in [-0.1, -0.05) is 39.7 Å². The Hall–Kier alpha value is -0.250. The zero-order valence-corrected chi connectivity index (χ0v) is 11.8. The monoisotopic (exact) mass is 357 g/mol. The first-order valence-corrected chi connectivity index (χ1v) is 6.99.